The summed E-state index contributed by atoms with van der Waals surface area (Å²) in [6.45, 7) is 0.979. The minimum absolute atomic E-state index is 0.117. The number of rotatable bonds is 7. The van der Waals surface area contributed by atoms with Crippen LogP contribution in [-0.4, -0.2) is 27.7 Å². The van der Waals surface area contributed by atoms with E-state index in [1.54, 1.807) is 48.5 Å². The van der Waals surface area contributed by atoms with Crippen molar-refractivity contribution < 1.29 is 18.5 Å². The van der Waals surface area contributed by atoms with E-state index in [4.69, 9.17) is 50.9 Å². The maximum Gasteiger partial charge on any atom is 0.223 e. The van der Waals surface area contributed by atoms with E-state index in [1.165, 1.54) is 24.0 Å². The van der Waals surface area contributed by atoms with Gasteiger partial charge in [-0.3, -0.25) is 9.59 Å². The van der Waals surface area contributed by atoms with Gasteiger partial charge in [-0.05, 0) is 48.5 Å². The Bertz CT molecular complexity index is 1420. The number of amides is 1. The molecule has 0 fully saturated rings. The van der Waals surface area contributed by atoms with E-state index in [0.29, 0.717) is 38.3 Å². The van der Waals surface area contributed by atoms with Crippen LogP contribution >= 0.6 is 46.4 Å². The first-order valence-electron chi connectivity index (χ1n) is 10.5. The molecule has 4 rings (SSSR count). The number of alkyl halides is 2. The molecule has 5 nitrogen and oxygen atoms in total. The lowest BCUT2D eigenvalue weighted by molar-refractivity contribution is -0.116. The third-order valence-corrected chi connectivity index (χ3v) is 6.56. The van der Waals surface area contributed by atoms with Crippen LogP contribution in [0.5, 0.6) is 0 Å². The highest BCUT2D eigenvalue weighted by molar-refractivity contribution is 6.60. The van der Waals surface area contributed by atoms with E-state index in [1.807, 2.05) is 0 Å². The van der Waals surface area contributed by atoms with Crippen LogP contribution in [-0.2, 0) is 4.79 Å². The summed E-state index contributed by atoms with van der Waals surface area (Å²) in [5.41, 5.74) is 2.11. The first-order chi connectivity index (χ1) is 17.1. The Kier molecular flexibility index (Phi) is 7.71. The van der Waals surface area contributed by atoms with Crippen LogP contribution in [0.15, 0.2) is 77.3 Å². The summed E-state index contributed by atoms with van der Waals surface area (Å²) in [6.07, 6.45) is 0. The fraction of sp³-hybridized carbons (Fsp3) is 0.115. The third kappa shape index (κ3) is 5.57. The molecule has 0 saturated heterocycles. The fourth-order valence-corrected chi connectivity index (χ4v) is 4.61. The molecule has 0 spiro atoms. The van der Waals surface area contributed by atoms with E-state index in [2.05, 4.69) is 5.16 Å². The number of hydrogen-bond acceptors (Lipinski definition) is 4. The van der Waals surface area contributed by atoms with Crippen LogP contribution in [0.2, 0.25) is 10.0 Å². The Balaban J connectivity index is 1.63. The molecule has 3 aromatic carbocycles. The van der Waals surface area contributed by atoms with Gasteiger partial charge < -0.3 is 9.42 Å². The smallest absolute Gasteiger partial charge is 0.223 e. The van der Waals surface area contributed by atoms with Crippen LogP contribution in [0, 0.1) is 5.82 Å². The van der Waals surface area contributed by atoms with E-state index >= 15 is 0 Å². The molecular weight excluding hydrogens is 549 g/mol. The highest BCUT2D eigenvalue weighted by atomic mass is 35.5. The van der Waals surface area contributed by atoms with Gasteiger partial charge in [-0.25, -0.2) is 4.39 Å². The predicted octanol–water partition coefficient (Wildman–Crippen LogP) is 7.86. The van der Waals surface area contributed by atoms with Crippen LogP contribution in [0.3, 0.4) is 0 Å². The molecule has 1 amide bonds. The minimum atomic E-state index is -1.99. The number of Topliss-reactive ketones (excluding diaryl/α,β-unsaturated/α-hetero) is 1. The molecule has 0 aliphatic rings. The van der Waals surface area contributed by atoms with Crippen molar-refractivity contribution in [3.63, 3.8) is 0 Å². The van der Waals surface area contributed by atoms with Crippen molar-refractivity contribution in [2.45, 2.75) is 11.3 Å². The van der Waals surface area contributed by atoms with Crippen molar-refractivity contribution >= 4 is 63.8 Å². The van der Waals surface area contributed by atoms with Gasteiger partial charge in [0.25, 0.3) is 0 Å². The number of anilines is 1. The summed E-state index contributed by atoms with van der Waals surface area (Å²) in [7, 11) is 0. The lowest BCUT2D eigenvalue weighted by Gasteiger charge is -2.28. The van der Waals surface area contributed by atoms with Gasteiger partial charge in [0.15, 0.2) is 10.1 Å². The van der Waals surface area contributed by atoms with Gasteiger partial charge in [0.05, 0.1) is 16.6 Å². The van der Waals surface area contributed by atoms with Crippen molar-refractivity contribution in [1.29, 1.82) is 0 Å². The molecule has 0 bridgehead atoms. The Hall–Kier alpha value is -2.90. The number of ketones is 1. The summed E-state index contributed by atoms with van der Waals surface area (Å²) < 4.78 is 16.8. The molecule has 0 atom stereocenters. The molecule has 0 aliphatic heterocycles. The Morgan fingerprint density at radius 2 is 1.61 bits per heavy atom. The topological polar surface area (TPSA) is 63.4 Å². The number of carbonyl (C=O) groups is 2. The molecule has 36 heavy (non-hydrogen) atoms. The summed E-state index contributed by atoms with van der Waals surface area (Å²) in [6, 6.07) is 18.4. The Morgan fingerprint density at radius 1 is 0.972 bits per heavy atom. The first kappa shape index (κ1) is 26.2. The first-order valence-corrected chi connectivity index (χ1v) is 12.1. The van der Waals surface area contributed by atoms with Gasteiger partial charge in [-0.1, -0.05) is 69.8 Å². The maximum absolute atomic E-state index is 13.2. The number of carbonyl (C=O) groups excluding carboxylic acids is 2. The highest BCUT2D eigenvalue weighted by Gasteiger charge is 2.38. The second-order valence-electron chi connectivity index (χ2n) is 7.87. The fourth-order valence-electron chi connectivity index (χ4n) is 3.57. The van der Waals surface area contributed by atoms with E-state index < -0.39 is 21.8 Å². The lowest BCUT2D eigenvalue weighted by atomic mass is 10.1. The Morgan fingerprint density at radius 3 is 2.25 bits per heavy atom. The number of hydrogen-bond donors (Lipinski definition) is 0. The zero-order chi connectivity index (χ0) is 26.0. The summed E-state index contributed by atoms with van der Waals surface area (Å²) in [4.78, 5) is 26.7. The number of aromatic nitrogens is 1. The molecule has 0 N–H and O–H groups in total. The quantitative estimate of drug-likeness (QED) is 0.169. The second kappa shape index (κ2) is 10.6. The second-order valence-corrected chi connectivity index (χ2v) is 10.2. The van der Waals surface area contributed by atoms with Crippen molar-refractivity contribution in [2.75, 3.05) is 11.4 Å². The van der Waals surface area contributed by atoms with Crippen LogP contribution in [0.4, 0.5) is 10.1 Å². The minimum Gasteiger partial charge on any atom is -0.356 e. The SMILES string of the molecule is CC(=O)N(CC(Cl)(Cl)C(=O)c1ccc(F)cc1)c1cccc(-c2cc(-c3c(Cl)cccc3Cl)no2)c1. The summed E-state index contributed by atoms with van der Waals surface area (Å²) >= 11 is 25.3. The monoisotopic (exact) mass is 564 g/mol. The maximum atomic E-state index is 13.2. The number of benzene rings is 3. The zero-order valence-electron chi connectivity index (χ0n) is 18.6. The summed E-state index contributed by atoms with van der Waals surface area (Å²) in [5, 5.41) is 4.92. The van der Waals surface area contributed by atoms with Crippen LogP contribution in [0.25, 0.3) is 22.6 Å². The Labute approximate surface area is 226 Å². The molecule has 0 unspecified atom stereocenters. The molecular formula is C26H17Cl4FN2O3. The van der Waals surface area contributed by atoms with Gasteiger partial charge in [0.2, 0.25) is 11.7 Å². The molecule has 1 aromatic heterocycles. The molecule has 0 saturated carbocycles. The molecule has 10 heteroatoms. The van der Waals surface area contributed by atoms with Gasteiger partial charge in [-0.2, -0.15) is 0 Å². The number of nitrogens with zero attached hydrogens (tertiary/aromatic N) is 2. The van der Waals surface area contributed by atoms with Crippen molar-refractivity contribution in [1.82, 2.24) is 5.16 Å². The van der Waals surface area contributed by atoms with Crippen molar-refractivity contribution in [3.05, 3.63) is 94.2 Å². The summed E-state index contributed by atoms with van der Waals surface area (Å²) in [5.74, 6) is -1.16. The largest absolute Gasteiger partial charge is 0.356 e. The molecule has 1 heterocycles. The van der Waals surface area contributed by atoms with Gasteiger partial charge in [0.1, 0.15) is 11.5 Å². The van der Waals surface area contributed by atoms with Crippen molar-refractivity contribution in [2.24, 2.45) is 0 Å². The van der Waals surface area contributed by atoms with E-state index in [9.17, 15) is 14.0 Å². The molecule has 184 valence electrons. The van der Waals surface area contributed by atoms with Crippen LogP contribution in [0.1, 0.15) is 17.3 Å². The normalized spacial score (nSPS) is 11.4. The third-order valence-electron chi connectivity index (χ3n) is 5.35. The standard InChI is InChI=1S/C26H17Cl4FN2O3/c1-15(34)33(14-26(29,30)25(35)16-8-10-18(31)11-9-16)19-5-2-4-17(12-19)23-13-22(32-36-23)24-20(27)6-3-7-21(24)28/h2-13H,14H2,1H3. The van der Waals surface area contributed by atoms with E-state index in [-0.39, 0.29) is 12.1 Å². The molecule has 0 aliphatic carbocycles. The average molecular weight is 566 g/mol. The van der Waals surface area contributed by atoms with Crippen molar-refractivity contribution in [3.8, 4) is 22.6 Å². The lowest BCUT2D eigenvalue weighted by Crippen LogP contribution is -2.43. The molecule has 4 aromatic rings. The number of halogens is 5. The van der Waals surface area contributed by atoms with Crippen LogP contribution < -0.4 is 4.90 Å². The highest BCUT2D eigenvalue weighted by Crippen LogP contribution is 2.37. The van der Waals surface area contributed by atoms with Gasteiger partial charge >= 0.3 is 0 Å². The van der Waals surface area contributed by atoms with Gasteiger partial charge in [0, 0.05) is 35.4 Å². The molecule has 0 radical (unpaired) electrons. The van der Waals surface area contributed by atoms with Gasteiger partial charge in [-0.15, -0.1) is 0 Å². The predicted molar refractivity (Wildman–Crippen MR) is 141 cm³/mol. The zero-order valence-corrected chi connectivity index (χ0v) is 21.7. The average Bonchev–Trinajstić information content (AvgIpc) is 3.32. The van der Waals surface area contributed by atoms with E-state index in [0.717, 1.165) is 12.1 Å².